The summed E-state index contributed by atoms with van der Waals surface area (Å²) in [5.74, 6) is 0.848. The highest BCUT2D eigenvalue weighted by Crippen LogP contribution is 2.51. The smallest absolute Gasteiger partial charge is 0.173 e. The molecule has 4 nitrogen and oxygen atoms in total. The van der Waals surface area contributed by atoms with Gasteiger partial charge in [0.25, 0.3) is 0 Å². The lowest BCUT2D eigenvalue weighted by Crippen LogP contribution is -2.20. The maximum Gasteiger partial charge on any atom is 0.173 e. The van der Waals surface area contributed by atoms with Crippen molar-refractivity contribution in [2.45, 2.75) is 18.4 Å². The predicted octanol–water partition coefficient (Wildman–Crippen LogP) is 2.12. The highest BCUT2D eigenvalue weighted by atomic mass is 35.5. The number of nitrogens with two attached hydrogens (primary N) is 1. The molecule has 5 heteroatoms. The van der Waals surface area contributed by atoms with E-state index >= 15 is 0 Å². The molecule has 0 bridgehead atoms. The molecular weight excluding hydrogens is 242 g/mol. The fourth-order valence-electron chi connectivity index (χ4n) is 1.91. The summed E-state index contributed by atoms with van der Waals surface area (Å²) in [6, 6.07) is 1.69. The Bertz CT molecular complexity index is 469. The number of carbonyl (C=O) groups excluding carboxylic acids is 1. The molecule has 0 aliphatic heterocycles. The van der Waals surface area contributed by atoms with Gasteiger partial charge in [-0.2, -0.15) is 0 Å². The quantitative estimate of drug-likeness (QED) is 0.837. The van der Waals surface area contributed by atoms with Crippen LogP contribution in [-0.2, 0) is 5.54 Å². The van der Waals surface area contributed by atoms with Gasteiger partial charge in [-0.15, -0.1) is 0 Å². The van der Waals surface area contributed by atoms with Crippen LogP contribution >= 0.6 is 11.6 Å². The van der Waals surface area contributed by atoms with Crippen molar-refractivity contribution in [3.8, 4) is 11.5 Å². The fraction of sp³-hybridized carbons (Fsp3) is 0.417. The summed E-state index contributed by atoms with van der Waals surface area (Å²) in [6.07, 6.45) is 2.41. The van der Waals surface area contributed by atoms with Crippen molar-refractivity contribution in [2.75, 3.05) is 14.2 Å². The molecule has 2 N–H and O–H groups in total. The molecule has 1 aliphatic carbocycles. The van der Waals surface area contributed by atoms with Gasteiger partial charge in [-0.1, -0.05) is 11.6 Å². The molecule has 1 saturated carbocycles. The minimum Gasteiger partial charge on any atom is -0.492 e. The average Bonchev–Trinajstić information content (AvgIpc) is 3.06. The van der Waals surface area contributed by atoms with E-state index in [1.54, 1.807) is 6.07 Å². The number of aldehydes is 1. The molecule has 92 valence electrons. The summed E-state index contributed by atoms with van der Waals surface area (Å²) < 4.78 is 10.5. The number of benzene rings is 1. The molecule has 0 aromatic heterocycles. The molecule has 17 heavy (non-hydrogen) atoms. The van der Waals surface area contributed by atoms with Crippen molar-refractivity contribution in [3.63, 3.8) is 0 Å². The van der Waals surface area contributed by atoms with Gasteiger partial charge in [-0.3, -0.25) is 4.79 Å². The van der Waals surface area contributed by atoms with Crippen LogP contribution in [0.4, 0.5) is 0 Å². The molecule has 1 aromatic rings. The second kappa shape index (κ2) is 4.20. The molecule has 0 heterocycles. The molecule has 0 unspecified atom stereocenters. The van der Waals surface area contributed by atoms with Crippen LogP contribution in [0.15, 0.2) is 6.07 Å². The highest BCUT2D eigenvalue weighted by Gasteiger charge is 2.43. The summed E-state index contributed by atoms with van der Waals surface area (Å²) in [6.45, 7) is 0. The maximum absolute atomic E-state index is 11.0. The number of ether oxygens (including phenoxy) is 2. The van der Waals surface area contributed by atoms with Crippen molar-refractivity contribution in [3.05, 3.63) is 22.2 Å². The van der Waals surface area contributed by atoms with E-state index in [1.807, 2.05) is 0 Å². The van der Waals surface area contributed by atoms with Gasteiger partial charge in [0.15, 0.2) is 17.8 Å². The van der Waals surface area contributed by atoms with Crippen molar-refractivity contribution in [1.82, 2.24) is 0 Å². The number of halogens is 1. The minimum atomic E-state index is -0.399. The second-order valence-electron chi connectivity index (χ2n) is 4.16. The number of hydrogen-bond donors (Lipinski definition) is 1. The Morgan fingerprint density at radius 2 is 1.94 bits per heavy atom. The van der Waals surface area contributed by atoms with Gasteiger partial charge < -0.3 is 15.2 Å². The molecule has 1 fully saturated rings. The molecule has 1 aromatic carbocycles. The summed E-state index contributed by atoms with van der Waals surface area (Å²) in [7, 11) is 3.00. The molecule has 0 amide bonds. The largest absolute Gasteiger partial charge is 0.492 e. The van der Waals surface area contributed by atoms with Crippen LogP contribution in [0, 0.1) is 0 Å². The van der Waals surface area contributed by atoms with Crippen molar-refractivity contribution in [2.24, 2.45) is 5.73 Å². The van der Waals surface area contributed by atoms with Crippen LogP contribution in [0.3, 0.4) is 0 Å². The Morgan fingerprint density at radius 1 is 1.35 bits per heavy atom. The Balaban J connectivity index is 2.69. The zero-order valence-electron chi connectivity index (χ0n) is 9.75. The van der Waals surface area contributed by atoms with Gasteiger partial charge in [-0.25, -0.2) is 0 Å². The van der Waals surface area contributed by atoms with E-state index in [0.29, 0.717) is 28.4 Å². The van der Waals surface area contributed by atoms with Gasteiger partial charge >= 0.3 is 0 Å². The first-order valence-electron chi connectivity index (χ1n) is 5.26. The Kier molecular flexibility index (Phi) is 3.02. The first kappa shape index (κ1) is 12.2. The highest BCUT2D eigenvalue weighted by molar-refractivity contribution is 6.33. The maximum atomic E-state index is 11.0. The Labute approximate surface area is 105 Å². The van der Waals surface area contributed by atoms with E-state index < -0.39 is 5.54 Å². The predicted molar refractivity (Wildman–Crippen MR) is 65.0 cm³/mol. The van der Waals surface area contributed by atoms with Gasteiger partial charge in [0, 0.05) is 11.1 Å². The minimum absolute atomic E-state index is 0.291. The molecule has 1 aliphatic rings. The number of methoxy groups -OCH3 is 2. The summed E-state index contributed by atoms with van der Waals surface area (Å²) in [4.78, 5) is 11.0. The topological polar surface area (TPSA) is 61.5 Å². The average molecular weight is 256 g/mol. The number of carbonyl (C=O) groups is 1. The lowest BCUT2D eigenvalue weighted by molar-refractivity contribution is 0.112. The standard InChI is InChI=1S/C12H14ClNO3/c1-16-10-7(6-15)9(13)5-8(11(10)17-2)12(14)3-4-12/h5-6H,3-4,14H2,1-2H3. The van der Waals surface area contributed by atoms with E-state index in [2.05, 4.69) is 0 Å². The molecule has 2 rings (SSSR count). The van der Waals surface area contributed by atoms with Crippen molar-refractivity contribution in [1.29, 1.82) is 0 Å². The van der Waals surface area contributed by atoms with E-state index in [1.165, 1.54) is 14.2 Å². The van der Waals surface area contributed by atoms with E-state index in [0.717, 1.165) is 18.4 Å². The SMILES string of the molecule is COc1c(C2(N)CC2)cc(Cl)c(C=O)c1OC. The fourth-order valence-corrected chi connectivity index (χ4v) is 2.15. The number of hydrogen-bond acceptors (Lipinski definition) is 4. The first-order chi connectivity index (χ1) is 8.07. The Morgan fingerprint density at radius 3 is 2.35 bits per heavy atom. The van der Waals surface area contributed by atoms with Crippen LogP contribution < -0.4 is 15.2 Å². The molecule has 0 atom stereocenters. The third-order valence-electron chi connectivity index (χ3n) is 3.08. The van der Waals surface area contributed by atoms with Crippen molar-refractivity contribution < 1.29 is 14.3 Å². The van der Waals surface area contributed by atoms with E-state index in [9.17, 15) is 4.79 Å². The lowest BCUT2D eigenvalue weighted by atomic mass is 10.0. The van der Waals surface area contributed by atoms with Crippen LogP contribution in [0.1, 0.15) is 28.8 Å². The third-order valence-corrected chi connectivity index (χ3v) is 3.39. The van der Waals surface area contributed by atoms with Gasteiger partial charge in [-0.05, 0) is 18.9 Å². The zero-order valence-corrected chi connectivity index (χ0v) is 10.5. The second-order valence-corrected chi connectivity index (χ2v) is 4.57. The summed E-state index contributed by atoms with van der Waals surface area (Å²) >= 11 is 6.05. The third kappa shape index (κ3) is 1.87. The van der Waals surface area contributed by atoms with E-state index in [-0.39, 0.29) is 0 Å². The van der Waals surface area contributed by atoms with Crippen LogP contribution in [0.2, 0.25) is 5.02 Å². The zero-order chi connectivity index (χ0) is 12.6. The van der Waals surface area contributed by atoms with Gasteiger partial charge in [0.2, 0.25) is 0 Å². The molecule has 0 saturated heterocycles. The summed E-state index contributed by atoms with van der Waals surface area (Å²) in [5, 5.41) is 0.337. The Hall–Kier alpha value is -1.26. The molecular formula is C12H14ClNO3. The summed E-state index contributed by atoms with van der Waals surface area (Å²) in [5.41, 5.74) is 6.84. The normalized spacial score (nSPS) is 16.5. The molecule has 0 spiro atoms. The van der Waals surface area contributed by atoms with Crippen LogP contribution in [0.5, 0.6) is 11.5 Å². The van der Waals surface area contributed by atoms with E-state index in [4.69, 9.17) is 26.8 Å². The number of rotatable bonds is 4. The first-order valence-corrected chi connectivity index (χ1v) is 5.64. The molecule has 0 radical (unpaired) electrons. The van der Waals surface area contributed by atoms with Crippen molar-refractivity contribution >= 4 is 17.9 Å². The monoisotopic (exact) mass is 255 g/mol. The van der Waals surface area contributed by atoms with Crippen LogP contribution in [-0.4, -0.2) is 20.5 Å². The lowest BCUT2D eigenvalue weighted by Gasteiger charge is -2.19. The van der Waals surface area contributed by atoms with Gasteiger partial charge in [0.1, 0.15) is 0 Å². The van der Waals surface area contributed by atoms with Crippen LogP contribution in [0.25, 0.3) is 0 Å². The van der Waals surface area contributed by atoms with Gasteiger partial charge in [0.05, 0.1) is 24.8 Å².